The van der Waals surface area contributed by atoms with E-state index in [0.717, 1.165) is 37.1 Å². The molecule has 120 valence electrons. The Balaban J connectivity index is 2.88. The Bertz CT molecular complexity index is 438. The van der Waals surface area contributed by atoms with Gasteiger partial charge in [-0.1, -0.05) is 27.7 Å². The van der Waals surface area contributed by atoms with Gasteiger partial charge < -0.3 is 10.2 Å². The number of hydrogen-bond acceptors (Lipinski definition) is 3. The van der Waals surface area contributed by atoms with E-state index in [1.807, 2.05) is 0 Å². The first-order valence-corrected chi connectivity index (χ1v) is 8.20. The molecule has 0 spiro atoms. The first-order valence-electron chi connectivity index (χ1n) is 8.20. The highest BCUT2D eigenvalue weighted by Gasteiger charge is 2.13. The molecule has 0 unspecified atom stereocenters. The van der Waals surface area contributed by atoms with Gasteiger partial charge in [0.25, 0.3) is 0 Å². The maximum Gasteiger partial charge on any atom is 0.133 e. The molecule has 0 aliphatic rings. The average Bonchev–Trinajstić information content (AvgIpc) is 2.37. The van der Waals surface area contributed by atoms with Crippen LogP contribution >= 0.6 is 0 Å². The number of nitrogens with zero attached hydrogens (tertiary/aromatic N) is 2. The average molecular weight is 291 g/mol. The Morgan fingerprint density at radius 1 is 1.14 bits per heavy atom. The lowest BCUT2D eigenvalue weighted by atomic mass is 10.1. The summed E-state index contributed by atoms with van der Waals surface area (Å²) >= 11 is 0. The van der Waals surface area contributed by atoms with Gasteiger partial charge in [-0.15, -0.1) is 0 Å². The van der Waals surface area contributed by atoms with E-state index < -0.39 is 0 Å². The number of aromatic nitrogens is 1. The van der Waals surface area contributed by atoms with Gasteiger partial charge in [0.05, 0.1) is 0 Å². The summed E-state index contributed by atoms with van der Waals surface area (Å²) in [6.07, 6.45) is 1.20. The Labute approximate surface area is 131 Å². The summed E-state index contributed by atoms with van der Waals surface area (Å²) in [7, 11) is 2.16. The van der Waals surface area contributed by atoms with Crippen LogP contribution in [0.3, 0.4) is 0 Å². The van der Waals surface area contributed by atoms with Crippen LogP contribution in [0.5, 0.6) is 0 Å². The molecule has 0 aromatic carbocycles. The standard InChI is InChI=1S/C18H33N3/c1-13(2)8-9-21(7)18-17(12-19-11-14(3)4)15(5)10-16(6)20-18/h10,13-14,19H,8-9,11-12H2,1-7H3. The van der Waals surface area contributed by atoms with E-state index in [9.17, 15) is 0 Å². The number of pyridine rings is 1. The molecule has 0 saturated heterocycles. The molecule has 0 aliphatic heterocycles. The normalized spacial score (nSPS) is 11.5. The van der Waals surface area contributed by atoms with E-state index in [0.29, 0.717) is 5.92 Å². The molecule has 0 aliphatic carbocycles. The molecule has 21 heavy (non-hydrogen) atoms. The van der Waals surface area contributed by atoms with Crippen molar-refractivity contribution in [3.05, 3.63) is 22.9 Å². The Morgan fingerprint density at radius 2 is 1.81 bits per heavy atom. The van der Waals surface area contributed by atoms with Crippen LogP contribution in [0.15, 0.2) is 6.07 Å². The largest absolute Gasteiger partial charge is 0.359 e. The molecule has 0 atom stereocenters. The summed E-state index contributed by atoms with van der Waals surface area (Å²) in [5, 5.41) is 3.55. The Morgan fingerprint density at radius 3 is 2.38 bits per heavy atom. The number of nitrogens with one attached hydrogen (secondary N) is 1. The predicted molar refractivity (Wildman–Crippen MR) is 93.0 cm³/mol. The molecule has 1 aromatic rings. The molecule has 3 nitrogen and oxygen atoms in total. The van der Waals surface area contributed by atoms with Gasteiger partial charge in [0.2, 0.25) is 0 Å². The van der Waals surface area contributed by atoms with Crippen molar-refractivity contribution in [3.63, 3.8) is 0 Å². The summed E-state index contributed by atoms with van der Waals surface area (Å²) in [4.78, 5) is 7.11. The SMILES string of the molecule is Cc1cc(C)c(CNCC(C)C)c(N(C)CCC(C)C)n1. The second-order valence-electron chi connectivity index (χ2n) is 7.01. The van der Waals surface area contributed by atoms with Crippen LogP contribution in [0, 0.1) is 25.7 Å². The third-order valence-corrected chi connectivity index (χ3v) is 3.71. The van der Waals surface area contributed by atoms with Crippen molar-refractivity contribution >= 4 is 5.82 Å². The monoisotopic (exact) mass is 291 g/mol. The number of anilines is 1. The van der Waals surface area contributed by atoms with E-state index in [4.69, 9.17) is 4.98 Å². The van der Waals surface area contributed by atoms with E-state index in [1.54, 1.807) is 0 Å². The first-order chi connectivity index (χ1) is 9.81. The zero-order valence-corrected chi connectivity index (χ0v) is 15.0. The quantitative estimate of drug-likeness (QED) is 0.786. The molecule has 3 heteroatoms. The van der Waals surface area contributed by atoms with Crippen LogP contribution in [0.2, 0.25) is 0 Å². The van der Waals surface area contributed by atoms with E-state index in [1.165, 1.54) is 17.5 Å². The summed E-state index contributed by atoms with van der Waals surface area (Å²) in [6.45, 7) is 16.3. The lowest BCUT2D eigenvalue weighted by molar-refractivity contribution is 0.549. The minimum atomic E-state index is 0.672. The van der Waals surface area contributed by atoms with Crippen LogP contribution in [0.4, 0.5) is 5.82 Å². The molecule has 0 bridgehead atoms. The van der Waals surface area contributed by atoms with Gasteiger partial charge in [0.15, 0.2) is 0 Å². The number of rotatable bonds is 8. The molecular weight excluding hydrogens is 258 g/mol. The van der Waals surface area contributed by atoms with Crippen molar-refractivity contribution in [2.24, 2.45) is 11.8 Å². The van der Waals surface area contributed by atoms with Crippen LogP contribution in [-0.4, -0.2) is 25.1 Å². The Kier molecular flexibility index (Phi) is 7.16. The molecule has 1 heterocycles. The molecular formula is C18H33N3. The summed E-state index contributed by atoms with van der Waals surface area (Å²) in [5.74, 6) is 2.54. The maximum atomic E-state index is 4.80. The summed E-state index contributed by atoms with van der Waals surface area (Å²) in [5.41, 5.74) is 3.78. The maximum absolute atomic E-state index is 4.80. The lowest BCUT2D eigenvalue weighted by Gasteiger charge is -2.24. The molecule has 0 radical (unpaired) electrons. The highest BCUT2D eigenvalue weighted by Crippen LogP contribution is 2.22. The fourth-order valence-electron chi connectivity index (χ4n) is 2.42. The van der Waals surface area contributed by atoms with Gasteiger partial charge in [-0.2, -0.15) is 0 Å². The van der Waals surface area contributed by atoms with E-state index in [2.05, 4.69) is 64.9 Å². The van der Waals surface area contributed by atoms with Crippen molar-refractivity contribution < 1.29 is 0 Å². The van der Waals surface area contributed by atoms with Crippen molar-refractivity contribution in [3.8, 4) is 0 Å². The van der Waals surface area contributed by atoms with Crippen molar-refractivity contribution in [2.45, 2.75) is 54.5 Å². The van der Waals surface area contributed by atoms with Crippen LogP contribution < -0.4 is 10.2 Å². The number of hydrogen-bond donors (Lipinski definition) is 1. The lowest BCUT2D eigenvalue weighted by Crippen LogP contribution is -2.26. The zero-order chi connectivity index (χ0) is 16.0. The second-order valence-corrected chi connectivity index (χ2v) is 7.01. The third kappa shape index (κ3) is 6.04. The van der Waals surface area contributed by atoms with Gasteiger partial charge >= 0.3 is 0 Å². The van der Waals surface area contributed by atoms with Gasteiger partial charge in [-0.25, -0.2) is 4.98 Å². The fourth-order valence-corrected chi connectivity index (χ4v) is 2.42. The van der Waals surface area contributed by atoms with Crippen LogP contribution in [0.1, 0.15) is 50.9 Å². The smallest absolute Gasteiger partial charge is 0.133 e. The number of aryl methyl sites for hydroxylation is 2. The van der Waals surface area contributed by atoms with Crippen molar-refractivity contribution in [2.75, 3.05) is 25.0 Å². The van der Waals surface area contributed by atoms with Crippen molar-refractivity contribution in [1.29, 1.82) is 0 Å². The van der Waals surface area contributed by atoms with Gasteiger partial charge in [-0.3, -0.25) is 0 Å². The van der Waals surface area contributed by atoms with Gasteiger partial charge in [0, 0.05) is 31.4 Å². The minimum Gasteiger partial charge on any atom is -0.359 e. The summed E-state index contributed by atoms with van der Waals surface area (Å²) < 4.78 is 0. The molecule has 0 amide bonds. The topological polar surface area (TPSA) is 28.2 Å². The second kappa shape index (κ2) is 8.38. The van der Waals surface area contributed by atoms with Gasteiger partial charge in [-0.05, 0) is 50.3 Å². The van der Waals surface area contributed by atoms with E-state index in [-0.39, 0.29) is 0 Å². The molecule has 0 saturated carbocycles. The Hall–Kier alpha value is -1.09. The third-order valence-electron chi connectivity index (χ3n) is 3.71. The molecule has 1 rings (SSSR count). The molecule has 1 aromatic heterocycles. The predicted octanol–water partition coefficient (Wildman–Crippen LogP) is 3.93. The molecule has 0 fully saturated rings. The van der Waals surface area contributed by atoms with Crippen molar-refractivity contribution in [1.82, 2.24) is 10.3 Å². The van der Waals surface area contributed by atoms with E-state index >= 15 is 0 Å². The minimum absolute atomic E-state index is 0.672. The molecule has 1 N–H and O–H groups in total. The summed E-state index contributed by atoms with van der Waals surface area (Å²) in [6, 6.07) is 2.19. The van der Waals surface area contributed by atoms with Gasteiger partial charge in [0.1, 0.15) is 5.82 Å². The highest BCUT2D eigenvalue weighted by atomic mass is 15.2. The fraction of sp³-hybridized carbons (Fsp3) is 0.722. The van der Waals surface area contributed by atoms with Crippen LogP contribution in [0.25, 0.3) is 0 Å². The zero-order valence-electron chi connectivity index (χ0n) is 15.0. The first kappa shape index (κ1) is 18.0. The van der Waals surface area contributed by atoms with Crippen LogP contribution in [-0.2, 0) is 6.54 Å². The highest BCUT2D eigenvalue weighted by molar-refractivity contribution is 5.51.